The van der Waals surface area contributed by atoms with E-state index in [1.54, 1.807) is 0 Å². The molecule has 0 unspecified atom stereocenters. The quantitative estimate of drug-likeness (QED) is 0.0759. The molecule has 0 aliphatic rings. The van der Waals surface area contributed by atoms with E-state index in [1.807, 2.05) is 12.1 Å². The van der Waals surface area contributed by atoms with Gasteiger partial charge in [0.1, 0.15) is 11.5 Å². The van der Waals surface area contributed by atoms with Gasteiger partial charge in [-0.25, -0.2) is 9.83 Å². The normalized spacial score (nSPS) is 12.0. The van der Waals surface area contributed by atoms with Gasteiger partial charge in [-0.05, 0) is 122 Å². The number of benzene rings is 13. The maximum Gasteiger partial charge on any atom is 0.187 e. The second-order valence-electron chi connectivity index (χ2n) is 26.1. The van der Waals surface area contributed by atoms with Crippen molar-refractivity contribution in [1.82, 2.24) is 32.4 Å². The summed E-state index contributed by atoms with van der Waals surface area (Å²) in [4.78, 5) is 10.7. The van der Waals surface area contributed by atoms with Crippen LogP contribution in [0.2, 0.25) is 0 Å². The molecular weight excluding hydrogens is 1230 g/mol. The molecule has 20 aromatic rings. The molecule has 0 spiro atoms. The molecule has 0 aliphatic heterocycles. The third-order valence-electron chi connectivity index (χ3n) is 20.6. The Kier molecular flexibility index (Phi) is 13.2. The minimum Gasteiger partial charge on any atom is -0.494 e. The largest absolute Gasteiger partial charge is 0.494 e. The van der Waals surface area contributed by atoms with E-state index < -0.39 is 0 Å². The molecule has 0 atom stereocenters. The molecule has 7 aromatic heterocycles. The summed E-state index contributed by atoms with van der Waals surface area (Å²) in [6.07, 6.45) is 1.63. The number of hydrogen-bond acceptors (Lipinski definition) is 3. The second kappa shape index (κ2) is 23.0. The number of rotatable bonds is 15. The molecule has 0 N–H and O–H groups in total. The highest BCUT2D eigenvalue weighted by atomic mass is 16.5. The highest BCUT2D eigenvalue weighted by Gasteiger charge is 2.33. The number of aryl methyl sites for hydroxylation is 2. The highest BCUT2D eigenvalue weighted by molar-refractivity contribution is 6.17. The lowest BCUT2D eigenvalue weighted by Crippen LogP contribution is -2.16. The molecule has 0 aliphatic carbocycles. The number of pyridine rings is 1. The van der Waals surface area contributed by atoms with Crippen LogP contribution in [0.15, 0.2) is 303 Å². The van der Waals surface area contributed by atoms with Crippen LogP contribution in [0.25, 0.3) is 170 Å². The lowest BCUT2D eigenvalue weighted by Gasteiger charge is -2.27. The highest BCUT2D eigenvalue weighted by Crippen LogP contribution is 2.50. The van der Waals surface area contributed by atoms with Gasteiger partial charge in [0.2, 0.25) is 0 Å². The molecule has 0 fully saturated rings. The number of ether oxygens (including phenoxy) is 2. The van der Waals surface area contributed by atoms with Gasteiger partial charge in [0.05, 0.1) is 75.3 Å². The SMILES string of the molecule is [C-]#[N+]c1cccc(-c2c(-n3c4ccccc4c4ccccc43)c(-n3c4ccccc4c4cc(OCCCn5c6ccccc6c6ccccc65)ccc43)nc(-n3c4ccccc4c4cc(OCCCn5c6ccccc6c6ccccc65)ccc43)c2-n2c3ccccc3c3ccccc32)c1. The topological polar surface area (TPSA) is 65.3 Å². The maximum absolute atomic E-state index is 8.69. The molecule has 0 amide bonds. The Labute approximate surface area is 574 Å². The van der Waals surface area contributed by atoms with Crippen LogP contribution in [0, 0.1) is 6.57 Å². The Morgan fingerprint density at radius 1 is 0.280 bits per heavy atom. The third kappa shape index (κ3) is 8.78. The van der Waals surface area contributed by atoms with Crippen LogP contribution < -0.4 is 9.47 Å². The average molecular weight is 1290 g/mol. The summed E-state index contributed by atoms with van der Waals surface area (Å²) >= 11 is 0. The Morgan fingerprint density at radius 3 is 0.910 bits per heavy atom. The van der Waals surface area contributed by atoms with E-state index in [1.165, 1.54) is 43.6 Å². The smallest absolute Gasteiger partial charge is 0.187 e. The maximum atomic E-state index is 8.69. The zero-order valence-corrected chi connectivity index (χ0v) is 54.5. The Balaban J connectivity index is 0.836. The van der Waals surface area contributed by atoms with Crippen molar-refractivity contribution in [1.29, 1.82) is 0 Å². The lowest BCUT2D eigenvalue weighted by molar-refractivity contribution is 0.303. The molecule has 10 nitrogen and oxygen atoms in total. The predicted octanol–water partition coefficient (Wildman–Crippen LogP) is 22.8. The van der Waals surface area contributed by atoms with Crippen LogP contribution in [-0.4, -0.2) is 45.6 Å². The molecule has 474 valence electrons. The lowest BCUT2D eigenvalue weighted by atomic mass is 9.99. The number of hydrogen-bond donors (Lipinski definition) is 0. The van der Waals surface area contributed by atoms with Gasteiger partial charge in [0.15, 0.2) is 17.3 Å². The molecule has 0 radical (unpaired) electrons. The number of fused-ring (bicyclic) bond motifs is 18. The first-order valence-corrected chi connectivity index (χ1v) is 34.4. The van der Waals surface area contributed by atoms with Gasteiger partial charge < -0.3 is 27.7 Å². The van der Waals surface area contributed by atoms with Crippen molar-refractivity contribution in [3.63, 3.8) is 0 Å². The summed E-state index contributed by atoms with van der Waals surface area (Å²) < 4.78 is 28.2. The molecule has 100 heavy (non-hydrogen) atoms. The van der Waals surface area contributed by atoms with Crippen LogP contribution >= 0.6 is 0 Å². The Bertz CT molecular complexity index is 6190. The average Bonchev–Trinajstić information content (AvgIpc) is 1.47. The van der Waals surface area contributed by atoms with Crippen molar-refractivity contribution >= 4 is 137 Å². The summed E-state index contributed by atoms with van der Waals surface area (Å²) in [5.41, 5.74) is 16.9. The van der Waals surface area contributed by atoms with Gasteiger partial charge in [-0.3, -0.25) is 9.13 Å². The van der Waals surface area contributed by atoms with Crippen LogP contribution in [0.1, 0.15) is 12.8 Å². The zero-order valence-electron chi connectivity index (χ0n) is 54.5. The van der Waals surface area contributed by atoms with E-state index in [2.05, 4.69) is 323 Å². The Hall–Kier alpha value is -13.1. The van der Waals surface area contributed by atoms with Crippen LogP contribution in [-0.2, 0) is 13.1 Å². The van der Waals surface area contributed by atoms with Gasteiger partial charge in [-0.1, -0.05) is 200 Å². The minimum atomic E-state index is 0.526. The summed E-state index contributed by atoms with van der Waals surface area (Å²) in [6, 6.07) is 109. The van der Waals surface area contributed by atoms with Crippen molar-refractivity contribution in [2.45, 2.75) is 25.9 Å². The first kappa shape index (κ1) is 57.2. The van der Waals surface area contributed by atoms with Gasteiger partial charge in [-0.15, -0.1) is 0 Å². The monoisotopic (exact) mass is 1290 g/mol. The van der Waals surface area contributed by atoms with E-state index in [4.69, 9.17) is 21.0 Å². The molecule has 0 saturated heterocycles. The first-order valence-electron chi connectivity index (χ1n) is 34.4. The second-order valence-corrected chi connectivity index (χ2v) is 26.1. The number of nitrogens with zero attached hydrogens (tertiary/aromatic N) is 8. The van der Waals surface area contributed by atoms with Gasteiger partial charge in [-0.2, -0.15) is 0 Å². The fraction of sp³-hybridized carbons (Fsp3) is 0.0667. The molecular formula is C90H62N8O2. The van der Waals surface area contributed by atoms with Crippen LogP contribution in [0.3, 0.4) is 0 Å². The number of aromatic nitrogens is 7. The molecule has 20 rings (SSSR count). The predicted molar refractivity (Wildman–Crippen MR) is 412 cm³/mol. The summed E-state index contributed by atoms with van der Waals surface area (Å²) in [6.45, 7) is 11.4. The van der Waals surface area contributed by atoms with Gasteiger partial charge >= 0.3 is 0 Å². The fourth-order valence-electron chi connectivity index (χ4n) is 16.5. The van der Waals surface area contributed by atoms with Gasteiger partial charge in [0, 0.05) is 105 Å². The number of para-hydroxylation sites is 10. The molecule has 0 saturated carbocycles. The standard InChI is InChI=1S/C90H62N8O2/c1-91-59-26-22-25-58(55-59)86-87(95-78-41-16-6-31-66(78)67-32-7-17-42-79(67)95)89(97-82-45-20-10-35-70(82)72-56-60(47-49-84(72)97)99-53-23-51-93-74-37-12-2-27-62(74)63-28-3-13-38-75(63)93)92-90(88(86)96-80-43-18-8-33-68(80)69-34-9-19-44-81(69)96)98-83-46-21-11-36-71(83)73-57-61(48-50-85(73)98)100-54-24-52-94-76-39-14-4-29-64(76)65-30-5-15-40-77(65)94/h2-22,25-50,55-57H,23-24,51-54H2. The van der Waals surface area contributed by atoms with E-state index in [0.717, 1.165) is 147 Å². The van der Waals surface area contributed by atoms with Crippen molar-refractivity contribution in [2.75, 3.05) is 13.2 Å². The molecule has 7 heterocycles. The summed E-state index contributed by atoms with van der Waals surface area (Å²) in [7, 11) is 0. The molecule has 13 aromatic carbocycles. The third-order valence-corrected chi connectivity index (χ3v) is 20.6. The minimum absolute atomic E-state index is 0.526. The van der Waals surface area contributed by atoms with E-state index >= 15 is 0 Å². The van der Waals surface area contributed by atoms with E-state index in [0.29, 0.717) is 30.5 Å². The van der Waals surface area contributed by atoms with Crippen molar-refractivity contribution in [2.24, 2.45) is 0 Å². The summed E-state index contributed by atoms with van der Waals surface area (Å²) in [5, 5.41) is 13.7. The Morgan fingerprint density at radius 2 is 0.570 bits per heavy atom. The molecule has 10 heteroatoms. The van der Waals surface area contributed by atoms with Gasteiger partial charge in [0.25, 0.3) is 0 Å². The van der Waals surface area contributed by atoms with Crippen molar-refractivity contribution in [3.8, 4) is 45.6 Å². The van der Waals surface area contributed by atoms with E-state index in [9.17, 15) is 0 Å². The van der Waals surface area contributed by atoms with Crippen molar-refractivity contribution < 1.29 is 9.47 Å². The van der Waals surface area contributed by atoms with Crippen LogP contribution in [0.4, 0.5) is 5.69 Å². The first-order chi connectivity index (χ1) is 49.6. The molecule has 0 bridgehead atoms. The van der Waals surface area contributed by atoms with Crippen LogP contribution in [0.5, 0.6) is 11.5 Å². The van der Waals surface area contributed by atoms with Crippen molar-refractivity contribution in [3.05, 3.63) is 315 Å². The summed E-state index contributed by atoms with van der Waals surface area (Å²) in [5.74, 6) is 3.00. The fourth-order valence-corrected chi connectivity index (χ4v) is 16.5. The zero-order chi connectivity index (χ0) is 65.9. The van der Waals surface area contributed by atoms with E-state index in [-0.39, 0.29) is 0 Å².